The van der Waals surface area contributed by atoms with E-state index in [9.17, 15) is 8.78 Å². The second kappa shape index (κ2) is 4.87. The van der Waals surface area contributed by atoms with Gasteiger partial charge >= 0.3 is 0 Å². The number of H-pyrrole nitrogens is 1. The number of aromatic amines is 1. The number of benzene rings is 2. The fourth-order valence-corrected chi connectivity index (χ4v) is 2.59. The van der Waals surface area contributed by atoms with E-state index in [1.807, 2.05) is 24.3 Å². The molecule has 5 nitrogen and oxygen atoms in total. The monoisotopic (exact) mass is 300 g/mol. The van der Waals surface area contributed by atoms with Gasteiger partial charge in [0, 0.05) is 23.6 Å². The molecule has 22 heavy (non-hydrogen) atoms. The van der Waals surface area contributed by atoms with E-state index < -0.39 is 11.6 Å². The summed E-state index contributed by atoms with van der Waals surface area (Å²) in [6, 6.07) is 9.81. The average molecular weight is 300 g/mol. The zero-order valence-electron chi connectivity index (χ0n) is 11.3. The van der Waals surface area contributed by atoms with Crippen molar-refractivity contribution in [2.75, 3.05) is 0 Å². The first-order chi connectivity index (χ1) is 10.7. The first kappa shape index (κ1) is 12.9. The highest BCUT2D eigenvalue weighted by atomic mass is 19.2. The Balaban J connectivity index is 1.66. The largest absolute Gasteiger partial charge is 0.485 e. The lowest BCUT2D eigenvalue weighted by molar-refractivity contribution is 0.238. The van der Waals surface area contributed by atoms with Crippen molar-refractivity contribution in [1.29, 1.82) is 0 Å². The van der Waals surface area contributed by atoms with Gasteiger partial charge in [-0.05, 0) is 28.1 Å². The predicted octanol–water partition coefficient (Wildman–Crippen LogP) is 2.82. The van der Waals surface area contributed by atoms with Gasteiger partial charge in [0.1, 0.15) is 11.9 Å². The Morgan fingerprint density at radius 3 is 2.82 bits per heavy atom. The van der Waals surface area contributed by atoms with Crippen LogP contribution in [-0.4, -0.2) is 20.6 Å². The molecule has 0 bridgehead atoms. The molecule has 7 heteroatoms. The Labute approximate surface area is 123 Å². The highest BCUT2D eigenvalue weighted by Crippen LogP contribution is 2.38. The molecule has 1 N–H and O–H groups in total. The number of nitrogens with zero attached hydrogens (tertiary/aromatic N) is 3. The van der Waals surface area contributed by atoms with Crippen LogP contribution in [0.1, 0.15) is 17.2 Å². The standard InChI is InChI=1S/C15H10F2N4O/c16-11-5-10-6-13(22-14(10)7-12(11)17)8-2-1-3-9(4-8)15-18-20-21-19-15/h1-5,7,13H,6H2,(H,18,19,20,21). The van der Waals surface area contributed by atoms with E-state index in [0.717, 1.165) is 17.2 Å². The zero-order chi connectivity index (χ0) is 15.1. The van der Waals surface area contributed by atoms with Crippen LogP contribution in [0.25, 0.3) is 11.4 Å². The number of halogens is 2. The second-order valence-corrected chi connectivity index (χ2v) is 5.06. The van der Waals surface area contributed by atoms with E-state index in [0.29, 0.717) is 23.6 Å². The number of fused-ring (bicyclic) bond motifs is 1. The van der Waals surface area contributed by atoms with E-state index in [4.69, 9.17) is 4.74 Å². The lowest BCUT2D eigenvalue weighted by Gasteiger charge is -2.11. The molecule has 1 aliphatic rings. The molecule has 0 aliphatic carbocycles. The molecule has 1 aliphatic heterocycles. The number of aromatic nitrogens is 4. The van der Waals surface area contributed by atoms with E-state index in [1.54, 1.807) is 0 Å². The number of rotatable bonds is 2. The summed E-state index contributed by atoms with van der Waals surface area (Å²) in [5.41, 5.74) is 2.38. The normalized spacial score (nSPS) is 16.4. The Bertz CT molecular complexity index is 805. The van der Waals surface area contributed by atoms with Crippen LogP contribution in [0.3, 0.4) is 0 Å². The maximum absolute atomic E-state index is 13.3. The van der Waals surface area contributed by atoms with Crippen LogP contribution in [0.5, 0.6) is 5.75 Å². The van der Waals surface area contributed by atoms with Gasteiger partial charge in [-0.2, -0.15) is 0 Å². The Kier molecular flexibility index (Phi) is 2.85. The Morgan fingerprint density at radius 1 is 1.14 bits per heavy atom. The SMILES string of the molecule is Fc1cc2c(cc1F)OC(c1cccc(-c3nnn[nH]3)c1)C2. The number of hydrogen-bond donors (Lipinski definition) is 1. The van der Waals surface area contributed by atoms with Crippen LogP contribution < -0.4 is 4.74 Å². The minimum Gasteiger partial charge on any atom is -0.485 e. The van der Waals surface area contributed by atoms with E-state index in [-0.39, 0.29) is 6.10 Å². The van der Waals surface area contributed by atoms with Crippen molar-refractivity contribution in [2.24, 2.45) is 0 Å². The maximum Gasteiger partial charge on any atom is 0.179 e. The van der Waals surface area contributed by atoms with Crippen LogP contribution in [0, 0.1) is 11.6 Å². The molecule has 1 atom stereocenters. The molecule has 0 saturated carbocycles. The average Bonchev–Trinajstić information content (AvgIpc) is 3.17. The summed E-state index contributed by atoms with van der Waals surface area (Å²) >= 11 is 0. The third-order valence-corrected chi connectivity index (χ3v) is 3.66. The summed E-state index contributed by atoms with van der Waals surface area (Å²) in [7, 11) is 0. The predicted molar refractivity (Wildman–Crippen MR) is 73.0 cm³/mol. The summed E-state index contributed by atoms with van der Waals surface area (Å²) in [4.78, 5) is 0. The maximum atomic E-state index is 13.3. The van der Waals surface area contributed by atoms with Gasteiger partial charge in [0.25, 0.3) is 0 Å². The van der Waals surface area contributed by atoms with Crippen LogP contribution in [0.2, 0.25) is 0 Å². The topological polar surface area (TPSA) is 63.7 Å². The van der Waals surface area contributed by atoms with Crippen LogP contribution in [-0.2, 0) is 6.42 Å². The molecule has 2 aromatic carbocycles. The third-order valence-electron chi connectivity index (χ3n) is 3.66. The van der Waals surface area contributed by atoms with Crippen LogP contribution in [0.4, 0.5) is 8.78 Å². The van der Waals surface area contributed by atoms with Crippen molar-refractivity contribution in [3.63, 3.8) is 0 Å². The number of tetrazole rings is 1. The van der Waals surface area contributed by atoms with Gasteiger partial charge in [-0.25, -0.2) is 13.9 Å². The van der Waals surface area contributed by atoms with Gasteiger partial charge in [0.15, 0.2) is 17.5 Å². The van der Waals surface area contributed by atoms with Crippen molar-refractivity contribution in [3.8, 4) is 17.1 Å². The molecule has 2 heterocycles. The van der Waals surface area contributed by atoms with Crippen molar-refractivity contribution >= 4 is 0 Å². The Hall–Kier alpha value is -2.83. The quantitative estimate of drug-likeness (QED) is 0.790. The lowest BCUT2D eigenvalue weighted by Crippen LogP contribution is -2.03. The molecule has 0 spiro atoms. The summed E-state index contributed by atoms with van der Waals surface area (Å²) < 4.78 is 32.3. The van der Waals surface area contributed by atoms with Gasteiger partial charge in [-0.1, -0.05) is 18.2 Å². The molecule has 3 aromatic rings. The molecule has 110 valence electrons. The second-order valence-electron chi connectivity index (χ2n) is 5.06. The summed E-state index contributed by atoms with van der Waals surface area (Å²) in [5.74, 6) is -0.824. The summed E-state index contributed by atoms with van der Waals surface area (Å²) in [5, 5.41) is 13.6. The number of hydrogen-bond acceptors (Lipinski definition) is 4. The molecule has 4 rings (SSSR count). The fraction of sp³-hybridized carbons (Fsp3) is 0.133. The molecular formula is C15H10F2N4O. The van der Waals surface area contributed by atoms with Gasteiger partial charge in [-0.15, -0.1) is 5.10 Å². The van der Waals surface area contributed by atoms with Gasteiger partial charge < -0.3 is 4.74 Å². The summed E-state index contributed by atoms with van der Waals surface area (Å²) in [6.45, 7) is 0. The molecule has 0 saturated heterocycles. The van der Waals surface area contributed by atoms with Gasteiger partial charge in [0.2, 0.25) is 0 Å². The van der Waals surface area contributed by atoms with E-state index in [2.05, 4.69) is 20.6 Å². The van der Waals surface area contributed by atoms with Crippen LogP contribution >= 0.6 is 0 Å². The molecular weight excluding hydrogens is 290 g/mol. The molecule has 0 amide bonds. The van der Waals surface area contributed by atoms with Gasteiger partial charge in [-0.3, -0.25) is 0 Å². The third kappa shape index (κ3) is 2.11. The van der Waals surface area contributed by atoms with Gasteiger partial charge in [0.05, 0.1) is 0 Å². The fourth-order valence-electron chi connectivity index (χ4n) is 2.59. The molecule has 1 unspecified atom stereocenters. The van der Waals surface area contributed by atoms with E-state index in [1.165, 1.54) is 6.07 Å². The number of ether oxygens (including phenoxy) is 1. The van der Waals surface area contributed by atoms with E-state index >= 15 is 0 Å². The zero-order valence-corrected chi connectivity index (χ0v) is 11.3. The Morgan fingerprint density at radius 2 is 2.00 bits per heavy atom. The minimum atomic E-state index is -0.902. The molecule has 0 fully saturated rings. The minimum absolute atomic E-state index is 0.285. The summed E-state index contributed by atoms with van der Waals surface area (Å²) in [6.07, 6.45) is 0.206. The molecule has 1 aromatic heterocycles. The molecule has 0 radical (unpaired) electrons. The first-order valence-electron chi connectivity index (χ1n) is 6.69. The smallest absolute Gasteiger partial charge is 0.179 e. The highest BCUT2D eigenvalue weighted by molar-refractivity contribution is 5.55. The first-order valence-corrected chi connectivity index (χ1v) is 6.69. The lowest BCUT2D eigenvalue weighted by atomic mass is 10.0. The van der Waals surface area contributed by atoms with Crippen LogP contribution in [0.15, 0.2) is 36.4 Å². The van der Waals surface area contributed by atoms with Crippen molar-refractivity contribution in [3.05, 3.63) is 59.2 Å². The highest BCUT2D eigenvalue weighted by Gasteiger charge is 2.26. The van der Waals surface area contributed by atoms with Crippen molar-refractivity contribution in [2.45, 2.75) is 12.5 Å². The number of nitrogens with one attached hydrogen (secondary N) is 1. The van der Waals surface area contributed by atoms with Crippen molar-refractivity contribution in [1.82, 2.24) is 20.6 Å². The van der Waals surface area contributed by atoms with Crippen molar-refractivity contribution < 1.29 is 13.5 Å².